The molecule has 0 fully saturated rings. The largest absolute Gasteiger partial charge is 0.460 e. The smallest absolute Gasteiger partial charge is 0.330 e. The van der Waals surface area contributed by atoms with Crippen molar-refractivity contribution in [3.8, 4) is 0 Å². The summed E-state index contributed by atoms with van der Waals surface area (Å²) in [5, 5.41) is 0. The summed E-state index contributed by atoms with van der Waals surface area (Å²) >= 11 is 0. The molecule has 1 unspecified atom stereocenters. The van der Waals surface area contributed by atoms with Gasteiger partial charge in [0, 0.05) is 12.2 Å². The predicted molar refractivity (Wildman–Crippen MR) is 68.5 cm³/mol. The molecule has 1 atom stereocenters. The van der Waals surface area contributed by atoms with E-state index >= 15 is 0 Å². The quantitative estimate of drug-likeness (QED) is 0.316. The molecule has 6 nitrogen and oxygen atoms in total. The maximum atomic E-state index is 10.7. The Balaban J connectivity index is 3.37. The first-order valence-corrected chi connectivity index (χ1v) is 5.88. The number of carbonyl (C=O) groups excluding carboxylic acids is 2. The van der Waals surface area contributed by atoms with Crippen LogP contribution in [0.3, 0.4) is 0 Å². The van der Waals surface area contributed by atoms with Crippen LogP contribution < -0.4 is 0 Å². The normalized spacial score (nSPS) is 11.4. The number of hydrogen-bond donors (Lipinski definition) is 0. The highest BCUT2D eigenvalue weighted by molar-refractivity contribution is 5.81. The van der Waals surface area contributed by atoms with Gasteiger partial charge in [-0.1, -0.05) is 13.2 Å². The van der Waals surface area contributed by atoms with Crippen LogP contribution in [0, 0.1) is 0 Å². The Hall–Kier alpha value is -1.66. The Morgan fingerprint density at radius 2 is 1.53 bits per heavy atom. The summed E-state index contributed by atoms with van der Waals surface area (Å²) in [6, 6.07) is 0. The van der Waals surface area contributed by atoms with Crippen LogP contribution in [0.5, 0.6) is 0 Å². The van der Waals surface area contributed by atoms with Gasteiger partial charge < -0.3 is 18.9 Å². The molecule has 19 heavy (non-hydrogen) atoms. The van der Waals surface area contributed by atoms with E-state index in [-0.39, 0.29) is 25.9 Å². The fraction of sp³-hybridized carbons (Fsp3) is 0.538. The molecule has 0 bridgehead atoms. The van der Waals surface area contributed by atoms with Gasteiger partial charge in [-0.2, -0.15) is 0 Å². The van der Waals surface area contributed by atoms with Gasteiger partial charge in [0.1, 0.15) is 13.2 Å². The highest BCUT2D eigenvalue weighted by atomic mass is 16.6. The van der Waals surface area contributed by atoms with Gasteiger partial charge in [0.2, 0.25) is 0 Å². The molecule has 0 saturated heterocycles. The van der Waals surface area contributed by atoms with E-state index in [4.69, 9.17) is 18.9 Å². The zero-order valence-corrected chi connectivity index (χ0v) is 11.1. The molecule has 0 radical (unpaired) electrons. The average Bonchev–Trinajstić information content (AvgIpc) is 2.42. The Morgan fingerprint density at radius 3 is 2.05 bits per heavy atom. The summed E-state index contributed by atoms with van der Waals surface area (Å²) in [6.07, 6.45) is 2.05. The van der Waals surface area contributed by atoms with Crippen molar-refractivity contribution in [1.82, 2.24) is 0 Å². The third-order valence-electron chi connectivity index (χ3n) is 1.89. The molecule has 0 aliphatic carbocycles. The zero-order valence-electron chi connectivity index (χ0n) is 11.1. The van der Waals surface area contributed by atoms with Crippen molar-refractivity contribution >= 4 is 11.9 Å². The van der Waals surface area contributed by atoms with Gasteiger partial charge in [-0.25, -0.2) is 9.59 Å². The van der Waals surface area contributed by atoms with Crippen LogP contribution in [0.15, 0.2) is 25.3 Å². The first-order valence-electron chi connectivity index (χ1n) is 5.88. The van der Waals surface area contributed by atoms with E-state index in [1.54, 1.807) is 0 Å². The van der Waals surface area contributed by atoms with Crippen molar-refractivity contribution in [2.45, 2.75) is 13.0 Å². The lowest BCUT2D eigenvalue weighted by atomic mass is 10.4. The third-order valence-corrected chi connectivity index (χ3v) is 1.89. The molecule has 0 saturated carbocycles. The number of esters is 2. The summed E-state index contributed by atoms with van der Waals surface area (Å²) in [6.45, 7) is 9.66. The highest BCUT2D eigenvalue weighted by Gasteiger charge is 2.03. The van der Waals surface area contributed by atoms with Crippen LogP contribution in [0.2, 0.25) is 0 Å². The lowest BCUT2D eigenvalue weighted by molar-refractivity contribution is -0.142. The molecule has 108 valence electrons. The monoisotopic (exact) mass is 272 g/mol. The van der Waals surface area contributed by atoms with E-state index in [1.165, 1.54) is 0 Å². The van der Waals surface area contributed by atoms with Crippen molar-refractivity contribution in [2.24, 2.45) is 0 Å². The van der Waals surface area contributed by atoms with Crippen molar-refractivity contribution in [3.05, 3.63) is 25.3 Å². The van der Waals surface area contributed by atoms with Gasteiger partial charge in [0.05, 0.1) is 25.9 Å². The first kappa shape index (κ1) is 17.3. The van der Waals surface area contributed by atoms with Crippen LogP contribution in [0.1, 0.15) is 6.92 Å². The molecule has 0 amide bonds. The predicted octanol–water partition coefficient (Wildman–Crippen LogP) is 0.866. The van der Waals surface area contributed by atoms with Gasteiger partial charge in [-0.05, 0) is 6.92 Å². The van der Waals surface area contributed by atoms with Crippen molar-refractivity contribution in [3.63, 3.8) is 0 Å². The van der Waals surface area contributed by atoms with Crippen LogP contribution in [-0.4, -0.2) is 51.1 Å². The van der Waals surface area contributed by atoms with Gasteiger partial charge in [0.15, 0.2) is 0 Å². The van der Waals surface area contributed by atoms with Gasteiger partial charge in [0.25, 0.3) is 0 Å². The molecule has 0 aliphatic heterocycles. The fourth-order valence-corrected chi connectivity index (χ4v) is 1.01. The number of carbonyl (C=O) groups is 2. The second kappa shape index (κ2) is 11.4. The standard InChI is InChI=1S/C13H20O6/c1-4-12(14)18-7-6-16-10-11(3)17-8-9-19-13(15)5-2/h4-5,11H,1-2,6-10H2,3H3. The first-order chi connectivity index (χ1) is 9.10. The molecule has 0 aliphatic rings. The maximum Gasteiger partial charge on any atom is 0.330 e. The molecule has 0 aromatic carbocycles. The highest BCUT2D eigenvalue weighted by Crippen LogP contribution is 1.93. The van der Waals surface area contributed by atoms with Crippen LogP contribution >= 0.6 is 0 Å². The second-order valence-corrected chi connectivity index (χ2v) is 3.50. The Kier molecular flexibility index (Phi) is 10.4. The summed E-state index contributed by atoms with van der Waals surface area (Å²) in [7, 11) is 0. The molecule has 0 rings (SSSR count). The lowest BCUT2D eigenvalue weighted by Crippen LogP contribution is -2.21. The molecular formula is C13H20O6. The third kappa shape index (κ3) is 11.2. The van der Waals surface area contributed by atoms with Gasteiger partial charge in [-0.3, -0.25) is 0 Å². The number of hydrogen-bond acceptors (Lipinski definition) is 6. The molecule has 0 heterocycles. The Morgan fingerprint density at radius 1 is 1.00 bits per heavy atom. The Labute approximate surface area is 113 Å². The number of ether oxygens (including phenoxy) is 4. The molecule has 0 aromatic rings. The van der Waals surface area contributed by atoms with Crippen molar-refractivity contribution in [2.75, 3.05) is 33.0 Å². The molecular weight excluding hydrogens is 252 g/mol. The minimum atomic E-state index is -0.475. The van der Waals surface area contributed by atoms with Crippen LogP contribution in [0.25, 0.3) is 0 Å². The molecule has 6 heteroatoms. The van der Waals surface area contributed by atoms with Crippen molar-refractivity contribution in [1.29, 1.82) is 0 Å². The van der Waals surface area contributed by atoms with E-state index in [0.29, 0.717) is 13.2 Å². The minimum Gasteiger partial charge on any atom is -0.460 e. The summed E-state index contributed by atoms with van der Waals surface area (Å²) in [5.74, 6) is -0.950. The SMILES string of the molecule is C=CC(=O)OCCOCC(C)OCCOC(=O)C=C. The molecule has 0 aromatic heterocycles. The Bertz CT molecular complexity index is 300. The summed E-state index contributed by atoms with van der Waals surface area (Å²) < 4.78 is 20.0. The average molecular weight is 272 g/mol. The maximum absolute atomic E-state index is 10.7. The van der Waals surface area contributed by atoms with Gasteiger partial charge in [-0.15, -0.1) is 0 Å². The fourth-order valence-electron chi connectivity index (χ4n) is 1.01. The van der Waals surface area contributed by atoms with Crippen LogP contribution in [0.4, 0.5) is 0 Å². The van der Waals surface area contributed by atoms with Crippen molar-refractivity contribution < 1.29 is 28.5 Å². The van der Waals surface area contributed by atoms with Gasteiger partial charge >= 0.3 is 11.9 Å². The van der Waals surface area contributed by atoms with E-state index in [2.05, 4.69) is 13.2 Å². The van der Waals surface area contributed by atoms with Crippen LogP contribution in [-0.2, 0) is 28.5 Å². The second-order valence-electron chi connectivity index (χ2n) is 3.50. The van der Waals surface area contributed by atoms with E-state index in [0.717, 1.165) is 12.2 Å². The number of rotatable bonds is 11. The minimum absolute atomic E-state index is 0.141. The lowest BCUT2D eigenvalue weighted by Gasteiger charge is -2.13. The van der Waals surface area contributed by atoms with E-state index in [1.807, 2.05) is 6.92 Å². The summed E-state index contributed by atoms with van der Waals surface area (Å²) in [4.78, 5) is 21.4. The van der Waals surface area contributed by atoms with E-state index in [9.17, 15) is 9.59 Å². The molecule has 0 spiro atoms. The topological polar surface area (TPSA) is 71.1 Å². The van der Waals surface area contributed by atoms with E-state index < -0.39 is 11.9 Å². The summed E-state index contributed by atoms with van der Waals surface area (Å²) in [5.41, 5.74) is 0. The molecule has 0 N–H and O–H groups in total. The zero-order chi connectivity index (χ0) is 14.5.